The second-order valence-corrected chi connectivity index (χ2v) is 14.4. The van der Waals surface area contributed by atoms with Crippen molar-refractivity contribution in [3.63, 3.8) is 0 Å². The van der Waals surface area contributed by atoms with Crippen molar-refractivity contribution in [3.8, 4) is 17.0 Å². The van der Waals surface area contributed by atoms with Crippen LogP contribution in [0.1, 0.15) is 28.6 Å². The van der Waals surface area contributed by atoms with Crippen molar-refractivity contribution in [2.45, 2.75) is 44.8 Å². The van der Waals surface area contributed by atoms with Gasteiger partial charge in [0.15, 0.2) is 6.23 Å². The van der Waals surface area contributed by atoms with Gasteiger partial charge in [-0.15, -0.1) is 0 Å². The van der Waals surface area contributed by atoms with Crippen LogP contribution in [-0.2, 0) is 14.3 Å². The summed E-state index contributed by atoms with van der Waals surface area (Å²) in [6.45, 7) is 7.65. The molecule has 0 amide bonds. The predicted octanol–water partition coefficient (Wildman–Crippen LogP) is 4.70. The van der Waals surface area contributed by atoms with E-state index >= 15 is 0 Å². The summed E-state index contributed by atoms with van der Waals surface area (Å²) in [6, 6.07) is 16.9. The quantitative estimate of drug-likeness (QED) is 0.175. The number of hydrogen-bond donors (Lipinski definition) is 0. The monoisotopic (exact) mass is 518 g/mol. The lowest BCUT2D eigenvalue weighted by molar-refractivity contribution is -0.121. The molecule has 37 heavy (non-hydrogen) atoms. The van der Waals surface area contributed by atoms with Crippen molar-refractivity contribution in [2.75, 3.05) is 6.61 Å². The minimum Gasteiger partial charge on any atom is -0.531 e. The minimum absolute atomic E-state index is 0.0434. The second kappa shape index (κ2) is 10.7. The molecule has 1 aromatic heterocycles. The lowest BCUT2D eigenvalue weighted by Crippen LogP contribution is -2.38. The number of aromatic nitrogens is 2. The zero-order valence-corrected chi connectivity index (χ0v) is 22.3. The molecule has 0 aliphatic carbocycles. The summed E-state index contributed by atoms with van der Waals surface area (Å²) in [5.41, 5.74) is 1.38. The van der Waals surface area contributed by atoms with Gasteiger partial charge < -0.3 is 18.7 Å². The van der Waals surface area contributed by atoms with E-state index in [1.165, 1.54) is 4.57 Å². The van der Waals surface area contributed by atoms with Gasteiger partial charge in [0.2, 0.25) is 14.2 Å². The predicted molar refractivity (Wildman–Crippen MR) is 142 cm³/mol. The summed E-state index contributed by atoms with van der Waals surface area (Å²) < 4.78 is 18.9. The Morgan fingerprint density at radius 3 is 2.43 bits per heavy atom. The standard InChI is InChI=1S/C28H30N2O6Si/c1-20-18-30(27(33)29-25(20)36-37(2,3)4)24-14-15-28(35-24,16-17-31)19-34-26(32)23-12-10-22(11-13-23)21-8-6-5-7-9-21/h5-15,17-18,24H,16,19H2,1-4H3/t24-,28-/m1/s1. The van der Waals surface area contributed by atoms with Gasteiger partial charge in [-0.05, 0) is 62.0 Å². The van der Waals surface area contributed by atoms with Gasteiger partial charge in [-0.3, -0.25) is 4.57 Å². The average molecular weight is 519 g/mol. The Bertz CT molecular complexity index is 1360. The number of rotatable bonds is 9. The van der Waals surface area contributed by atoms with Crippen LogP contribution in [0.3, 0.4) is 0 Å². The molecule has 1 aliphatic rings. The Kier molecular flexibility index (Phi) is 7.56. The highest BCUT2D eigenvalue weighted by molar-refractivity contribution is 6.70. The first-order valence-corrected chi connectivity index (χ1v) is 15.4. The number of carbonyl (C=O) groups is 2. The second-order valence-electron chi connectivity index (χ2n) is 9.96. The van der Waals surface area contributed by atoms with E-state index in [1.807, 2.05) is 62.1 Å². The van der Waals surface area contributed by atoms with Gasteiger partial charge in [0.05, 0.1) is 5.56 Å². The van der Waals surface area contributed by atoms with Crippen LogP contribution in [0.4, 0.5) is 0 Å². The Morgan fingerprint density at radius 2 is 1.78 bits per heavy atom. The molecule has 0 saturated heterocycles. The summed E-state index contributed by atoms with van der Waals surface area (Å²) >= 11 is 0. The van der Waals surface area contributed by atoms with E-state index in [9.17, 15) is 14.4 Å². The van der Waals surface area contributed by atoms with Crippen molar-refractivity contribution < 1.29 is 23.5 Å². The summed E-state index contributed by atoms with van der Waals surface area (Å²) in [4.78, 5) is 41.0. The number of hydrogen-bond acceptors (Lipinski definition) is 7. The summed E-state index contributed by atoms with van der Waals surface area (Å²) in [6.07, 6.45) is 4.80. The fourth-order valence-electron chi connectivity index (χ4n) is 3.95. The molecule has 0 N–H and O–H groups in total. The van der Waals surface area contributed by atoms with Crippen molar-refractivity contribution in [1.82, 2.24) is 9.55 Å². The van der Waals surface area contributed by atoms with Gasteiger partial charge in [-0.1, -0.05) is 42.5 Å². The first-order valence-electron chi connectivity index (χ1n) is 12.0. The molecular formula is C28H30N2O6Si. The van der Waals surface area contributed by atoms with Crippen LogP contribution in [0.5, 0.6) is 5.88 Å². The highest BCUT2D eigenvalue weighted by Gasteiger charge is 2.38. The Balaban J connectivity index is 1.45. The molecule has 4 rings (SSSR count). The van der Waals surface area contributed by atoms with Crippen molar-refractivity contribution in [3.05, 3.63) is 94.6 Å². The SMILES string of the molecule is Cc1cn([C@H]2C=C[C@@](CC=O)(COC(=O)c3ccc(-c4ccccc4)cc3)O2)c(=O)nc1O[Si](C)(C)C. The van der Waals surface area contributed by atoms with Crippen LogP contribution in [0, 0.1) is 6.92 Å². The Morgan fingerprint density at radius 1 is 1.11 bits per heavy atom. The first-order chi connectivity index (χ1) is 17.6. The maximum atomic E-state index is 12.7. The molecule has 2 heterocycles. The number of benzene rings is 2. The normalized spacial score (nSPS) is 19.0. The van der Waals surface area contributed by atoms with E-state index in [-0.39, 0.29) is 13.0 Å². The molecule has 2 aromatic carbocycles. The van der Waals surface area contributed by atoms with Crippen LogP contribution in [-0.4, -0.2) is 42.3 Å². The van der Waals surface area contributed by atoms with E-state index in [4.69, 9.17) is 13.9 Å². The van der Waals surface area contributed by atoms with Gasteiger partial charge in [0.25, 0.3) is 0 Å². The van der Waals surface area contributed by atoms with Crippen molar-refractivity contribution in [1.29, 1.82) is 0 Å². The van der Waals surface area contributed by atoms with Crippen LogP contribution in [0.15, 0.2) is 77.7 Å². The van der Waals surface area contributed by atoms with Crippen LogP contribution < -0.4 is 10.1 Å². The summed E-state index contributed by atoms with van der Waals surface area (Å²) in [5, 5.41) is 0. The molecule has 192 valence electrons. The van der Waals surface area contributed by atoms with E-state index in [0.717, 1.165) is 11.1 Å². The topological polar surface area (TPSA) is 96.7 Å². The molecule has 0 radical (unpaired) electrons. The lowest BCUT2D eigenvalue weighted by Gasteiger charge is -2.27. The fraction of sp³-hybridized carbons (Fsp3) is 0.286. The zero-order valence-electron chi connectivity index (χ0n) is 21.3. The van der Waals surface area contributed by atoms with E-state index in [0.29, 0.717) is 23.3 Å². The average Bonchev–Trinajstić information content (AvgIpc) is 3.28. The maximum Gasteiger partial charge on any atom is 0.353 e. The fourth-order valence-corrected chi connectivity index (χ4v) is 4.74. The molecule has 0 saturated carbocycles. The molecule has 9 heteroatoms. The highest BCUT2D eigenvalue weighted by atomic mass is 28.4. The molecule has 3 aromatic rings. The van der Waals surface area contributed by atoms with Gasteiger partial charge in [0, 0.05) is 18.2 Å². The molecule has 0 unspecified atom stereocenters. The minimum atomic E-state index is -1.95. The number of nitrogens with zero attached hydrogens (tertiary/aromatic N) is 2. The zero-order chi connectivity index (χ0) is 26.6. The molecule has 2 atom stereocenters. The summed E-state index contributed by atoms with van der Waals surface area (Å²) in [5.74, 6) is -0.221. The van der Waals surface area contributed by atoms with Gasteiger partial charge in [0.1, 0.15) is 18.5 Å². The van der Waals surface area contributed by atoms with Crippen LogP contribution in [0.2, 0.25) is 19.6 Å². The Labute approximate surface area is 216 Å². The first kappa shape index (κ1) is 26.2. The largest absolute Gasteiger partial charge is 0.531 e. The highest BCUT2D eigenvalue weighted by Crippen LogP contribution is 2.32. The van der Waals surface area contributed by atoms with Crippen LogP contribution >= 0.6 is 0 Å². The van der Waals surface area contributed by atoms with Crippen molar-refractivity contribution in [2.24, 2.45) is 0 Å². The van der Waals surface area contributed by atoms with Gasteiger partial charge >= 0.3 is 11.7 Å². The molecular weight excluding hydrogens is 488 g/mol. The lowest BCUT2D eigenvalue weighted by atomic mass is 10.0. The number of ether oxygens (including phenoxy) is 2. The number of carbonyl (C=O) groups excluding carboxylic acids is 2. The van der Waals surface area contributed by atoms with Crippen molar-refractivity contribution >= 4 is 20.6 Å². The third-order valence-electron chi connectivity index (χ3n) is 5.79. The molecule has 1 aliphatic heterocycles. The number of esters is 1. The van der Waals surface area contributed by atoms with Gasteiger partial charge in [-0.2, -0.15) is 4.98 Å². The smallest absolute Gasteiger partial charge is 0.353 e. The van der Waals surface area contributed by atoms with E-state index in [1.54, 1.807) is 37.4 Å². The van der Waals surface area contributed by atoms with Gasteiger partial charge in [-0.25, -0.2) is 9.59 Å². The van der Waals surface area contributed by atoms with E-state index in [2.05, 4.69) is 4.98 Å². The van der Waals surface area contributed by atoms with Crippen LogP contribution in [0.25, 0.3) is 11.1 Å². The third-order valence-corrected chi connectivity index (χ3v) is 6.60. The Hall–Kier alpha value is -3.82. The third kappa shape index (κ3) is 6.30. The maximum absolute atomic E-state index is 12.7. The molecule has 8 nitrogen and oxygen atoms in total. The molecule has 0 spiro atoms. The molecule has 0 bridgehead atoms. The molecule has 0 fully saturated rings. The number of aldehydes is 1. The summed E-state index contributed by atoms with van der Waals surface area (Å²) in [7, 11) is -1.95. The number of aryl methyl sites for hydroxylation is 1. The van der Waals surface area contributed by atoms with E-state index < -0.39 is 31.8 Å².